The van der Waals surface area contributed by atoms with E-state index in [1.807, 2.05) is 25.7 Å². The number of carbonyl (C=O) groups is 2. The van der Waals surface area contributed by atoms with Gasteiger partial charge in [-0.1, -0.05) is 12.0 Å². The van der Waals surface area contributed by atoms with Crippen LogP contribution in [0.4, 0.5) is 4.79 Å². The van der Waals surface area contributed by atoms with Gasteiger partial charge >= 0.3 is 6.09 Å². The molecule has 1 aromatic carbocycles. The summed E-state index contributed by atoms with van der Waals surface area (Å²) in [6, 6.07) is 7.20. The average Bonchev–Trinajstić information content (AvgIpc) is 2.59. The summed E-state index contributed by atoms with van der Waals surface area (Å²) in [6.07, 6.45) is 6.54. The van der Waals surface area contributed by atoms with E-state index in [-0.39, 0.29) is 18.0 Å². The first-order chi connectivity index (χ1) is 11.7. The molecule has 1 aliphatic heterocycles. The van der Waals surface area contributed by atoms with Crippen molar-refractivity contribution in [3.05, 3.63) is 35.4 Å². The van der Waals surface area contributed by atoms with Gasteiger partial charge in [0.25, 0.3) is 5.91 Å². The average molecular weight is 342 g/mol. The Balaban J connectivity index is 1.93. The van der Waals surface area contributed by atoms with E-state index in [0.29, 0.717) is 24.2 Å². The number of rotatable bonds is 2. The van der Waals surface area contributed by atoms with Crippen LogP contribution < -0.4 is 0 Å². The van der Waals surface area contributed by atoms with Crippen LogP contribution in [-0.2, 0) is 4.74 Å². The predicted octanol–water partition coefficient (Wildman–Crippen LogP) is 3.14. The van der Waals surface area contributed by atoms with E-state index >= 15 is 0 Å². The standard InChI is InChI=1S/C20H26N2O3/c1-6-15-8-7-9-16(14-15)18(23)22-12-10-17(11-13-22)21(5)19(24)25-20(2,3)4/h1,7-9,14,17H,10-13H2,2-5H3. The number of amides is 2. The molecule has 0 aromatic heterocycles. The van der Waals surface area contributed by atoms with Crippen LogP contribution in [0.2, 0.25) is 0 Å². The van der Waals surface area contributed by atoms with E-state index in [9.17, 15) is 9.59 Å². The van der Waals surface area contributed by atoms with Crippen molar-refractivity contribution in [1.82, 2.24) is 9.80 Å². The van der Waals surface area contributed by atoms with Crippen molar-refractivity contribution in [3.63, 3.8) is 0 Å². The lowest BCUT2D eigenvalue weighted by Crippen LogP contribution is -2.48. The maximum atomic E-state index is 12.6. The van der Waals surface area contributed by atoms with E-state index in [1.165, 1.54) is 0 Å². The van der Waals surface area contributed by atoms with Crippen LogP contribution in [0.1, 0.15) is 49.5 Å². The summed E-state index contributed by atoms with van der Waals surface area (Å²) in [6.45, 7) is 6.77. The molecule has 1 fully saturated rings. The van der Waals surface area contributed by atoms with Gasteiger partial charge in [0.1, 0.15) is 5.60 Å². The van der Waals surface area contributed by atoms with Gasteiger partial charge in [0.15, 0.2) is 0 Å². The van der Waals surface area contributed by atoms with Crippen molar-refractivity contribution >= 4 is 12.0 Å². The largest absolute Gasteiger partial charge is 0.444 e. The summed E-state index contributed by atoms with van der Waals surface area (Å²) >= 11 is 0. The quantitative estimate of drug-likeness (QED) is 0.776. The molecule has 1 aromatic rings. The van der Waals surface area contributed by atoms with E-state index in [1.54, 1.807) is 36.2 Å². The highest BCUT2D eigenvalue weighted by atomic mass is 16.6. The van der Waals surface area contributed by atoms with Gasteiger partial charge < -0.3 is 14.5 Å². The predicted molar refractivity (Wildman–Crippen MR) is 97.3 cm³/mol. The van der Waals surface area contributed by atoms with Crippen LogP contribution in [0, 0.1) is 12.3 Å². The lowest BCUT2D eigenvalue weighted by Gasteiger charge is -2.37. The second-order valence-electron chi connectivity index (χ2n) is 7.34. The second-order valence-corrected chi connectivity index (χ2v) is 7.34. The summed E-state index contributed by atoms with van der Waals surface area (Å²) in [5, 5.41) is 0. The van der Waals surface area contributed by atoms with Gasteiger partial charge in [-0.3, -0.25) is 4.79 Å². The zero-order valence-corrected chi connectivity index (χ0v) is 15.4. The lowest BCUT2D eigenvalue weighted by molar-refractivity contribution is 0.0156. The summed E-state index contributed by atoms with van der Waals surface area (Å²) in [5.41, 5.74) is 0.795. The number of piperidine rings is 1. The Hall–Kier alpha value is -2.48. The van der Waals surface area contributed by atoms with Gasteiger partial charge in [-0.2, -0.15) is 0 Å². The molecular formula is C20H26N2O3. The van der Waals surface area contributed by atoms with Crippen molar-refractivity contribution in [2.75, 3.05) is 20.1 Å². The second kappa shape index (κ2) is 7.60. The van der Waals surface area contributed by atoms with Crippen molar-refractivity contribution < 1.29 is 14.3 Å². The number of ether oxygens (including phenoxy) is 1. The molecule has 2 rings (SSSR count). The molecule has 0 spiro atoms. The fourth-order valence-corrected chi connectivity index (χ4v) is 2.86. The van der Waals surface area contributed by atoms with Gasteiger partial charge in [-0.05, 0) is 51.8 Å². The minimum atomic E-state index is -0.510. The van der Waals surface area contributed by atoms with Crippen LogP contribution in [0.5, 0.6) is 0 Å². The Morgan fingerprint density at radius 1 is 1.28 bits per heavy atom. The highest BCUT2D eigenvalue weighted by molar-refractivity contribution is 5.94. The Kier molecular flexibility index (Phi) is 5.73. The molecule has 0 radical (unpaired) electrons. The monoisotopic (exact) mass is 342 g/mol. The van der Waals surface area contributed by atoms with Crippen LogP contribution in [0.25, 0.3) is 0 Å². The normalized spacial score (nSPS) is 15.4. The number of benzene rings is 1. The summed E-state index contributed by atoms with van der Waals surface area (Å²) in [5.74, 6) is 2.53. The van der Waals surface area contributed by atoms with Gasteiger partial charge in [0.2, 0.25) is 0 Å². The van der Waals surface area contributed by atoms with E-state index in [4.69, 9.17) is 11.2 Å². The molecule has 5 heteroatoms. The minimum absolute atomic E-state index is 0.0181. The summed E-state index contributed by atoms with van der Waals surface area (Å²) in [7, 11) is 1.76. The molecule has 0 bridgehead atoms. The Morgan fingerprint density at radius 3 is 2.48 bits per heavy atom. The first-order valence-electron chi connectivity index (χ1n) is 8.53. The number of carbonyl (C=O) groups excluding carboxylic acids is 2. The zero-order chi connectivity index (χ0) is 18.6. The molecule has 5 nitrogen and oxygen atoms in total. The molecule has 134 valence electrons. The third-order valence-corrected chi connectivity index (χ3v) is 4.26. The van der Waals surface area contributed by atoms with Gasteiger partial charge in [0.05, 0.1) is 0 Å². The van der Waals surface area contributed by atoms with E-state index < -0.39 is 5.60 Å². The highest BCUT2D eigenvalue weighted by Crippen LogP contribution is 2.20. The summed E-state index contributed by atoms with van der Waals surface area (Å²) < 4.78 is 5.41. The van der Waals surface area contributed by atoms with Crippen LogP contribution in [0.15, 0.2) is 24.3 Å². The van der Waals surface area contributed by atoms with Crippen molar-refractivity contribution in [3.8, 4) is 12.3 Å². The third-order valence-electron chi connectivity index (χ3n) is 4.26. The maximum absolute atomic E-state index is 12.6. The van der Waals surface area contributed by atoms with Gasteiger partial charge in [-0.15, -0.1) is 6.42 Å². The van der Waals surface area contributed by atoms with Crippen LogP contribution >= 0.6 is 0 Å². The molecule has 0 aliphatic carbocycles. The smallest absolute Gasteiger partial charge is 0.410 e. The van der Waals surface area contributed by atoms with Gasteiger partial charge in [0, 0.05) is 37.3 Å². The molecule has 0 N–H and O–H groups in total. The lowest BCUT2D eigenvalue weighted by atomic mass is 10.0. The topological polar surface area (TPSA) is 49.9 Å². The number of hydrogen-bond acceptors (Lipinski definition) is 3. The first kappa shape index (κ1) is 18.9. The number of terminal acetylenes is 1. The molecule has 1 saturated heterocycles. The molecule has 0 atom stereocenters. The third kappa shape index (κ3) is 4.99. The molecule has 0 unspecified atom stereocenters. The minimum Gasteiger partial charge on any atom is -0.444 e. The number of hydrogen-bond donors (Lipinski definition) is 0. The fourth-order valence-electron chi connectivity index (χ4n) is 2.86. The van der Waals surface area contributed by atoms with Crippen LogP contribution in [-0.4, -0.2) is 53.6 Å². The Labute approximate surface area is 149 Å². The molecular weight excluding hydrogens is 316 g/mol. The molecule has 1 heterocycles. The fraction of sp³-hybridized carbons (Fsp3) is 0.500. The van der Waals surface area contributed by atoms with Crippen molar-refractivity contribution in [1.29, 1.82) is 0 Å². The summed E-state index contributed by atoms with van der Waals surface area (Å²) in [4.78, 5) is 28.2. The van der Waals surface area contributed by atoms with E-state index in [0.717, 1.165) is 12.8 Å². The highest BCUT2D eigenvalue weighted by Gasteiger charge is 2.30. The molecule has 0 saturated carbocycles. The van der Waals surface area contributed by atoms with Crippen LogP contribution in [0.3, 0.4) is 0 Å². The first-order valence-corrected chi connectivity index (χ1v) is 8.53. The zero-order valence-electron chi connectivity index (χ0n) is 15.4. The Morgan fingerprint density at radius 2 is 1.92 bits per heavy atom. The van der Waals surface area contributed by atoms with Crippen molar-refractivity contribution in [2.45, 2.75) is 45.3 Å². The van der Waals surface area contributed by atoms with E-state index in [2.05, 4.69) is 5.92 Å². The molecule has 1 aliphatic rings. The number of likely N-dealkylation sites (tertiary alicyclic amines) is 1. The van der Waals surface area contributed by atoms with Gasteiger partial charge in [-0.25, -0.2) is 4.79 Å². The van der Waals surface area contributed by atoms with Crippen molar-refractivity contribution in [2.24, 2.45) is 0 Å². The SMILES string of the molecule is C#Cc1cccc(C(=O)N2CCC(N(C)C(=O)OC(C)(C)C)CC2)c1. The molecule has 2 amide bonds. The molecule has 25 heavy (non-hydrogen) atoms. The Bertz CT molecular complexity index is 677. The maximum Gasteiger partial charge on any atom is 0.410 e. The number of nitrogens with zero attached hydrogens (tertiary/aromatic N) is 2.